The van der Waals surface area contributed by atoms with Gasteiger partial charge in [-0.3, -0.25) is 0 Å². The Morgan fingerprint density at radius 3 is 0.769 bits per heavy atom. The summed E-state index contributed by atoms with van der Waals surface area (Å²) in [5.74, 6) is 7.58. The zero-order valence-corrected chi connectivity index (χ0v) is 17.7. The van der Waals surface area contributed by atoms with Gasteiger partial charge in [0.05, 0.1) is 0 Å². The molecule has 3 aromatic carbocycles. The molecule has 0 saturated heterocycles. The molecule has 0 nitrogen and oxygen atoms in total. The molecule has 0 amide bonds. The van der Waals surface area contributed by atoms with Crippen molar-refractivity contribution in [1.29, 1.82) is 0 Å². The summed E-state index contributed by atoms with van der Waals surface area (Å²) in [6.07, 6.45) is 15.3. The van der Waals surface area contributed by atoms with E-state index < -0.39 is 0 Å². The van der Waals surface area contributed by atoms with Gasteiger partial charge in [0.2, 0.25) is 0 Å². The van der Waals surface area contributed by atoms with E-state index in [1.165, 1.54) is 0 Å². The van der Waals surface area contributed by atoms with Crippen LogP contribution >= 0.6 is 0 Å². The summed E-state index contributed by atoms with van der Waals surface area (Å²) in [7, 11) is 0. The van der Waals surface area contributed by atoms with Crippen LogP contribution in [0.3, 0.4) is 0 Å². The van der Waals surface area contributed by atoms with Gasteiger partial charge in [0.25, 0.3) is 0 Å². The van der Waals surface area contributed by atoms with E-state index in [1.807, 2.05) is 91.0 Å². The molecule has 0 atom stereocenters. The Kier molecular flexibility index (Phi) is 15.1. The summed E-state index contributed by atoms with van der Waals surface area (Å²) in [5, 5.41) is 0. The average Bonchev–Trinajstić information content (AvgIpc) is 2.77. The van der Waals surface area contributed by atoms with Gasteiger partial charge in [-0.2, -0.15) is 0 Å². The van der Waals surface area contributed by atoms with E-state index in [4.69, 9.17) is 19.3 Å². The van der Waals surface area contributed by atoms with Gasteiger partial charge in [0, 0.05) is 16.7 Å². The van der Waals surface area contributed by atoms with Crippen LogP contribution in [-0.4, -0.2) is 22.5 Å². The van der Waals surface area contributed by atoms with Gasteiger partial charge >= 0.3 is 27.5 Å². The molecule has 0 aliphatic rings. The predicted molar refractivity (Wildman–Crippen MR) is 115 cm³/mol. The molecule has 0 N–H and O–H groups in total. The number of hydrogen-bond acceptors (Lipinski definition) is 0. The molecule has 0 spiro atoms. The Hall–Kier alpha value is -2.86. The first-order valence-electron chi connectivity index (χ1n) is 7.85. The molecule has 0 fully saturated rings. The van der Waals surface area contributed by atoms with Crippen molar-refractivity contribution in [1.82, 2.24) is 0 Å². The molecule has 1 heteroatoms. The van der Waals surface area contributed by atoms with Gasteiger partial charge in [0.15, 0.2) is 0 Å². The molecule has 0 heterocycles. The molecule has 125 valence electrons. The standard InChI is InChI=1S/3C8H6.CH3.Sn/c3*1-2-8-6-4-3-5-7-8;;/h3*1,3-7H;1H3;. The molecular formula is C25H21Sn. The van der Waals surface area contributed by atoms with Crippen LogP contribution in [0.25, 0.3) is 0 Å². The van der Waals surface area contributed by atoms with E-state index in [0.717, 1.165) is 16.7 Å². The SMILES string of the molecule is C#Cc1ccccc1.C#Cc1ccccc1.C#Cc1ccccc1.[CH3][Sn]. The molecule has 3 aromatic rings. The van der Waals surface area contributed by atoms with Crippen LogP contribution in [0.1, 0.15) is 16.7 Å². The minimum absolute atomic E-state index is 0.938. The third kappa shape index (κ3) is 11.6. The summed E-state index contributed by atoms with van der Waals surface area (Å²) >= 11 is 1.55. The van der Waals surface area contributed by atoms with Crippen molar-refractivity contribution >= 4 is 22.5 Å². The zero-order chi connectivity index (χ0) is 19.5. The van der Waals surface area contributed by atoms with E-state index in [1.54, 1.807) is 22.5 Å². The van der Waals surface area contributed by atoms with Crippen molar-refractivity contribution in [2.24, 2.45) is 0 Å². The van der Waals surface area contributed by atoms with E-state index >= 15 is 0 Å². The molecule has 26 heavy (non-hydrogen) atoms. The molecule has 3 radical (unpaired) electrons. The maximum atomic E-state index is 5.10. The summed E-state index contributed by atoms with van der Waals surface area (Å²) in [5.41, 5.74) is 2.81. The molecular weight excluding hydrogens is 419 g/mol. The minimum atomic E-state index is 0.938. The van der Waals surface area contributed by atoms with Crippen LogP contribution in [0.4, 0.5) is 0 Å². The normalized spacial score (nSPS) is 7.50. The Labute approximate surface area is 171 Å². The van der Waals surface area contributed by atoms with E-state index in [0.29, 0.717) is 0 Å². The van der Waals surface area contributed by atoms with Gasteiger partial charge in [0.1, 0.15) is 0 Å². The van der Waals surface area contributed by atoms with Gasteiger partial charge in [-0.05, 0) is 36.4 Å². The Morgan fingerprint density at radius 1 is 0.462 bits per heavy atom. The molecule has 0 saturated carbocycles. The Bertz CT molecular complexity index is 697. The average molecular weight is 440 g/mol. The van der Waals surface area contributed by atoms with Crippen molar-refractivity contribution in [2.75, 3.05) is 0 Å². The van der Waals surface area contributed by atoms with Gasteiger partial charge in [-0.15, -0.1) is 19.3 Å². The number of benzene rings is 3. The Morgan fingerprint density at radius 2 is 0.654 bits per heavy atom. The zero-order valence-electron chi connectivity index (χ0n) is 14.9. The van der Waals surface area contributed by atoms with Crippen LogP contribution in [0.5, 0.6) is 0 Å². The van der Waals surface area contributed by atoms with Crippen molar-refractivity contribution in [2.45, 2.75) is 4.94 Å². The fourth-order valence-electron chi connectivity index (χ4n) is 1.60. The first-order valence-corrected chi connectivity index (χ1v) is 10.7. The van der Waals surface area contributed by atoms with E-state index in [9.17, 15) is 0 Å². The van der Waals surface area contributed by atoms with Crippen molar-refractivity contribution < 1.29 is 0 Å². The molecule has 0 aromatic heterocycles. The van der Waals surface area contributed by atoms with E-state index in [-0.39, 0.29) is 0 Å². The maximum absolute atomic E-state index is 5.10. The van der Waals surface area contributed by atoms with Crippen LogP contribution < -0.4 is 0 Å². The van der Waals surface area contributed by atoms with Crippen LogP contribution in [0.2, 0.25) is 4.94 Å². The predicted octanol–water partition coefficient (Wildman–Crippen LogP) is 5.21. The number of hydrogen-bond donors (Lipinski definition) is 0. The molecule has 3 rings (SSSR count). The van der Waals surface area contributed by atoms with Crippen LogP contribution in [0, 0.1) is 37.0 Å². The fraction of sp³-hybridized carbons (Fsp3) is 0.0400. The third-order valence-electron chi connectivity index (χ3n) is 2.82. The van der Waals surface area contributed by atoms with Crippen LogP contribution in [0.15, 0.2) is 91.0 Å². The van der Waals surface area contributed by atoms with Crippen molar-refractivity contribution in [3.8, 4) is 37.0 Å². The second-order valence-electron chi connectivity index (χ2n) is 4.53. The van der Waals surface area contributed by atoms with Gasteiger partial charge < -0.3 is 0 Å². The first kappa shape index (κ1) is 23.1. The summed E-state index contributed by atoms with van der Waals surface area (Å²) in [6.45, 7) is 0. The van der Waals surface area contributed by atoms with Gasteiger partial charge in [-0.1, -0.05) is 72.4 Å². The summed E-state index contributed by atoms with van der Waals surface area (Å²) < 4.78 is 0. The summed E-state index contributed by atoms with van der Waals surface area (Å²) in [6, 6.07) is 28.8. The van der Waals surface area contributed by atoms with Gasteiger partial charge in [-0.25, -0.2) is 0 Å². The number of terminal acetylenes is 3. The Balaban J connectivity index is 0.000000344. The monoisotopic (exact) mass is 441 g/mol. The molecule has 0 unspecified atom stereocenters. The molecule has 0 aliphatic heterocycles. The topological polar surface area (TPSA) is 0 Å². The quantitative estimate of drug-likeness (QED) is 0.333. The van der Waals surface area contributed by atoms with E-state index in [2.05, 4.69) is 22.7 Å². The second-order valence-corrected chi connectivity index (χ2v) is 4.53. The first-order chi connectivity index (χ1) is 12.8. The van der Waals surface area contributed by atoms with Crippen molar-refractivity contribution in [3.05, 3.63) is 108 Å². The molecule has 0 aliphatic carbocycles. The van der Waals surface area contributed by atoms with Crippen molar-refractivity contribution in [3.63, 3.8) is 0 Å². The fourth-order valence-corrected chi connectivity index (χ4v) is 1.60. The van der Waals surface area contributed by atoms with Crippen LogP contribution in [-0.2, 0) is 0 Å². The second kappa shape index (κ2) is 17.0. The molecule has 0 bridgehead atoms. The summed E-state index contributed by atoms with van der Waals surface area (Å²) in [4.78, 5) is 2.09. The number of rotatable bonds is 0. The third-order valence-corrected chi connectivity index (χ3v) is 2.82.